The van der Waals surface area contributed by atoms with Crippen LogP contribution in [0.15, 0.2) is 52.4 Å². The van der Waals surface area contributed by atoms with Crippen LogP contribution in [0.1, 0.15) is 152 Å². The normalized spacial score (nSPS) is 12.6. The van der Waals surface area contributed by atoms with Gasteiger partial charge in [-0.15, -0.1) is 0 Å². The molecule has 3 aromatic rings. The zero-order valence-electron chi connectivity index (χ0n) is 38.4. The number of aryl methyl sites for hydroxylation is 4. The summed E-state index contributed by atoms with van der Waals surface area (Å²) in [5, 5.41) is 1.45. The molecule has 0 spiro atoms. The van der Waals surface area contributed by atoms with Crippen molar-refractivity contribution in [3.8, 4) is 0 Å². The van der Waals surface area contributed by atoms with Gasteiger partial charge in [-0.05, 0) is 86.3 Å². The fourth-order valence-electron chi connectivity index (χ4n) is 8.80. The van der Waals surface area contributed by atoms with Crippen molar-refractivity contribution in [1.29, 1.82) is 0 Å². The van der Waals surface area contributed by atoms with Crippen molar-refractivity contribution in [2.45, 2.75) is 195 Å². The van der Waals surface area contributed by atoms with E-state index in [4.69, 9.17) is 58.4 Å². The first kappa shape index (κ1) is 54.2. The van der Waals surface area contributed by atoms with E-state index in [9.17, 15) is 0 Å². The van der Waals surface area contributed by atoms with E-state index in [0.717, 1.165) is 67.4 Å². The Morgan fingerprint density at radius 1 is 0.525 bits per heavy atom. The number of unbranched alkanes of at least 4 members (excludes halogenated alkanes) is 6. The van der Waals surface area contributed by atoms with Gasteiger partial charge in [-0.1, -0.05) is 196 Å². The summed E-state index contributed by atoms with van der Waals surface area (Å²) in [6.45, 7) is 22.6. The van der Waals surface area contributed by atoms with Crippen LogP contribution in [0.2, 0.25) is 58.4 Å². The molecule has 0 unspecified atom stereocenters. The Labute approximate surface area is 388 Å². The third kappa shape index (κ3) is 18.4. The van der Waals surface area contributed by atoms with Crippen molar-refractivity contribution in [2.24, 2.45) is 9.98 Å². The number of benzene rings is 2. The van der Waals surface area contributed by atoms with E-state index in [2.05, 4.69) is 112 Å². The van der Waals surface area contributed by atoms with Crippen LogP contribution in [0.3, 0.4) is 0 Å². The second-order valence-electron chi connectivity index (χ2n) is 17.4. The molecule has 2 aromatic carbocycles. The van der Waals surface area contributed by atoms with Gasteiger partial charge in [-0.25, -0.2) is 15.0 Å². The van der Waals surface area contributed by atoms with Gasteiger partial charge in [0.15, 0.2) is 0 Å². The number of hydrogen-bond acceptors (Lipinski definition) is 3. The van der Waals surface area contributed by atoms with E-state index >= 15 is 0 Å². The van der Waals surface area contributed by atoms with Gasteiger partial charge in [0.05, 0.1) is 60.4 Å². The third-order valence-electron chi connectivity index (χ3n) is 12.1. The van der Waals surface area contributed by atoms with Gasteiger partial charge < -0.3 is 0 Å². The minimum absolute atomic E-state index is 0.194. The van der Waals surface area contributed by atoms with Crippen LogP contribution in [0, 0.1) is 27.7 Å². The fourth-order valence-corrected chi connectivity index (χ4v) is 20.7. The van der Waals surface area contributed by atoms with Crippen molar-refractivity contribution < 1.29 is 13.1 Å². The molecule has 59 heavy (non-hydrogen) atoms. The molecule has 0 aliphatic carbocycles. The number of pyridine rings is 1. The van der Waals surface area contributed by atoms with Gasteiger partial charge in [0, 0.05) is 0 Å². The second kappa shape index (κ2) is 29.4. The van der Waals surface area contributed by atoms with E-state index in [1.54, 1.807) is 0 Å². The molecule has 0 saturated heterocycles. The molecule has 0 aliphatic heterocycles. The summed E-state index contributed by atoms with van der Waals surface area (Å²) < 4.78 is 0. The Morgan fingerprint density at radius 2 is 0.814 bits per heavy atom. The summed E-state index contributed by atoms with van der Waals surface area (Å²) in [6.07, 6.45) is 15.1. The van der Waals surface area contributed by atoms with Crippen LogP contribution < -0.4 is 0 Å². The minimum atomic E-state index is -1.77. The van der Waals surface area contributed by atoms with Crippen molar-refractivity contribution >= 4 is 82.3 Å². The molecule has 0 aliphatic rings. The SMILES string of the molecule is CCCC[Si](CCCC)(CCCC)CC(=Nc1c(C)cc(C)cc1Cl)c1cccc(C(C[Si](CCCC)(CCCC)CCCC)=Nc2c(C)cc(C)cc2Cl)n1.[Cl][Fe][Cl]. The molecule has 0 amide bonds. The number of aromatic nitrogens is 1. The Hall–Kier alpha value is -0.957. The van der Waals surface area contributed by atoms with Crippen LogP contribution in [0.5, 0.6) is 0 Å². The van der Waals surface area contributed by atoms with E-state index in [0.29, 0.717) is 0 Å². The summed E-state index contributed by atoms with van der Waals surface area (Å²) in [6, 6.07) is 25.4. The molecule has 3 nitrogen and oxygen atoms in total. The molecule has 332 valence electrons. The molecular weight excluding hydrogens is 884 g/mol. The third-order valence-corrected chi connectivity index (χ3v) is 23.3. The molecule has 0 atom stereocenters. The van der Waals surface area contributed by atoms with E-state index in [1.165, 1.54) is 124 Å². The first-order chi connectivity index (χ1) is 28.3. The molecule has 1 heterocycles. The first-order valence-corrected chi connectivity index (χ1v) is 32.3. The van der Waals surface area contributed by atoms with Gasteiger partial charge in [0.2, 0.25) is 0 Å². The fraction of sp³-hybridized carbons (Fsp3) is 0.612. The molecule has 1 aromatic heterocycles. The molecule has 0 fully saturated rings. The van der Waals surface area contributed by atoms with E-state index < -0.39 is 16.1 Å². The van der Waals surface area contributed by atoms with Crippen LogP contribution in [-0.4, -0.2) is 32.6 Å². The maximum atomic E-state index is 7.06. The number of aliphatic imine (C=N–C) groups is 2. The molecule has 0 N–H and O–H groups in total. The van der Waals surface area contributed by atoms with Crippen LogP contribution >= 0.6 is 43.4 Å². The standard InChI is InChI=1S/C49H77Cl2N3Si2.2ClH.Fe/c1-11-17-26-55(27-18-12-2,28-19-13-3)36-46(53-48-40(9)32-38(7)34-42(48)50)44-24-23-25-45(52-44)47(54-49-41(10)33-39(8)35-43(49)51)37-56(29-20-14-4,30-21-15-5)31-22-16-6;;;/h23-25,32-35H,11-22,26-31,36-37H2,1-10H3;2*1H;/q;;;+2/p-2. The Morgan fingerprint density at radius 3 is 1.07 bits per heavy atom. The van der Waals surface area contributed by atoms with Gasteiger partial charge >= 0.3 is 33.3 Å². The molecule has 0 bridgehead atoms. The van der Waals surface area contributed by atoms with Gasteiger partial charge in [0.25, 0.3) is 0 Å². The number of rotatable bonds is 26. The second-order valence-corrected chi connectivity index (χ2v) is 29.7. The van der Waals surface area contributed by atoms with Crippen molar-refractivity contribution in [3.63, 3.8) is 0 Å². The van der Waals surface area contributed by atoms with Crippen LogP contribution in [-0.2, 0) is 13.1 Å². The number of hydrogen-bond donors (Lipinski definition) is 0. The quantitative estimate of drug-likeness (QED) is 0.0583. The topological polar surface area (TPSA) is 37.6 Å². The summed E-state index contributed by atoms with van der Waals surface area (Å²) in [5.74, 6) is 0. The van der Waals surface area contributed by atoms with Crippen LogP contribution in [0.25, 0.3) is 0 Å². The summed E-state index contributed by atoms with van der Waals surface area (Å²) in [5.41, 5.74) is 10.6. The molecule has 0 radical (unpaired) electrons. The summed E-state index contributed by atoms with van der Waals surface area (Å²) in [4.78, 5) is 16.9. The van der Waals surface area contributed by atoms with Crippen molar-refractivity contribution in [2.75, 3.05) is 0 Å². The average Bonchev–Trinajstić information content (AvgIpc) is 3.20. The van der Waals surface area contributed by atoms with Gasteiger partial charge in [-0.3, -0.25) is 0 Å². The van der Waals surface area contributed by atoms with Crippen molar-refractivity contribution in [1.82, 2.24) is 4.98 Å². The predicted octanol–water partition coefficient (Wildman–Crippen LogP) is 18.9. The number of nitrogens with zero attached hydrogens (tertiary/aromatic N) is 3. The Kier molecular flexibility index (Phi) is 27.0. The van der Waals surface area contributed by atoms with Gasteiger partial charge in [0.1, 0.15) is 0 Å². The summed E-state index contributed by atoms with van der Waals surface area (Å²) >= 11 is 14.3. The molecular formula is C49H77Cl4FeN3Si2. The van der Waals surface area contributed by atoms with Gasteiger partial charge in [-0.2, -0.15) is 0 Å². The van der Waals surface area contributed by atoms with E-state index in [-0.39, 0.29) is 13.1 Å². The Balaban J connectivity index is 0.00000387. The molecule has 0 saturated carbocycles. The zero-order valence-corrected chi connectivity index (χ0v) is 44.5. The monoisotopic (exact) mass is 959 g/mol. The van der Waals surface area contributed by atoms with E-state index in [1.807, 2.05) is 0 Å². The first-order valence-electron chi connectivity index (χ1n) is 22.8. The van der Waals surface area contributed by atoms with Crippen molar-refractivity contribution in [3.05, 3.63) is 86.2 Å². The Bertz CT molecular complexity index is 1540. The maximum absolute atomic E-state index is 7.06. The van der Waals surface area contributed by atoms with Crippen LogP contribution in [0.4, 0.5) is 11.4 Å². The molecule has 3 rings (SSSR count). The molecule has 10 heteroatoms. The number of halogens is 4. The predicted molar refractivity (Wildman–Crippen MR) is 270 cm³/mol. The average molecular weight is 962 g/mol. The zero-order chi connectivity index (χ0) is 43.8. The summed E-state index contributed by atoms with van der Waals surface area (Å²) in [7, 11) is 5.99.